The number of benzene rings is 1. The van der Waals surface area contributed by atoms with Gasteiger partial charge in [0.15, 0.2) is 5.96 Å². The molecule has 0 aromatic heterocycles. The molecule has 160 valence electrons. The van der Waals surface area contributed by atoms with E-state index in [1.54, 1.807) is 0 Å². The Hall–Kier alpha value is -2.08. The normalized spacial score (nSPS) is 18.8. The average Bonchev–Trinajstić information content (AvgIpc) is 3.27. The van der Waals surface area contributed by atoms with Crippen LogP contribution in [0.4, 0.5) is 0 Å². The van der Waals surface area contributed by atoms with Crippen LogP contribution in [-0.4, -0.2) is 67.5 Å². The molecular formula is C23H37N5O. The third kappa shape index (κ3) is 6.74. The van der Waals surface area contributed by atoms with Gasteiger partial charge >= 0.3 is 0 Å². The van der Waals surface area contributed by atoms with Gasteiger partial charge in [-0.25, -0.2) is 4.99 Å². The van der Waals surface area contributed by atoms with Gasteiger partial charge in [0.1, 0.15) is 0 Å². The lowest BCUT2D eigenvalue weighted by Crippen LogP contribution is -2.51. The zero-order chi connectivity index (χ0) is 20.5. The van der Waals surface area contributed by atoms with Gasteiger partial charge in [-0.05, 0) is 32.3 Å². The number of nitrogens with zero attached hydrogens (tertiary/aromatic N) is 3. The molecule has 1 heterocycles. The van der Waals surface area contributed by atoms with Gasteiger partial charge in [0.25, 0.3) is 0 Å². The summed E-state index contributed by atoms with van der Waals surface area (Å²) in [4.78, 5) is 21.8. The van der Waals surface area contributed by atoms with Crippen molar-refractivity contribution in [3.63, 3.8) is 0 Å². The molecule has 1 aliphatic heterocycles. The fourth-order valence-electron chi connectivity index (χ4n) is 4.28. The summed E-state index contributed by atoms with van der Waals surface area (Å²) in [5.41, 5.74) is 2.49. The van der Waals surface area contributed by atoms with Crippen molar-refractivity contribution in [3.8, 4) is 0 Å². The Morgan fingerprint density at radius 1 is 1.14 bits per heavy atom. The molecule has 1 amide bonds. The molecule has 0 spiro atoms. The highest BCUT2D eigenvalue weighted by molar-refractivity contribution is 5.80. The Balaban J connectivity index is 1.38. The number of piperazine rings is 1. The van der Waals surface area contributed by atoms with E-state index in [-0.39, 0.29) is 0 Å². The molecule has 1 saturated carbocycles. The maximum absolute atomic E-state index is 12.6. The molecule has 2 fully saturated rings. The maximum Gasteiger partial charge on any atom is 0.225 e. The minimum absolute atomic E-state index is 0.301. The van der Waals surface area contributed by atoms with E-state index in [1.807, 2.05) is 0 Å². The van der Waals surface area contributed by atoms with Crippen LogP contribution in [0.2, 0.25) is 0 Å². The van der Waals surface area contributed by atoms with Crippen molar-refractivity contribution in [1.29, 1.82) is 0 Å². The van der Waals surface area contributed by atoms with Crippen LogP contribution in [0.3, 0.4) is 0 Å². The van der Waals surface area contributed by atoms with Gasteiger partial charge in [0.05, 0.1) is 6.54 Å². The van der Waals surface area contributed by atoms with E-state index in [9.17, 15) is 4.79 Å². The van der Waals surface area contributed by atoms with Gasteiger partial charge in [0, 0.05) is 51.7 Å². The van der Waals surface area contributed by atoms with Crippen LogP contribution in [0.15, 0.2) is 29.3 Å². The molecule has 1 aliphatic carbocycles. The highest BCUT2D eigenvalue weighted by Gasteiger charge is 2.29. The molecule has 6 nitrogen and oxygen atoms in total. The number of guanidine groups is 1. The van der Waals surface area contributed by atoms with E-state index in [0.29, 0.717) is 18.4 Å². The van der Waals surface area contributed by atoms with E-state index >= 15 is 0 Å². The Kier molecular flexibility index (Phi) is 8.35. The lowest BCUT2D eigenvalue weighted by Gasteiger charge is -2.36. The minimum atomic E-state index is 0.301. The largest absolute Gasteiger partial charge is 0.357 e. The summed E-state index contributed by atoms with van der Waals surface area (Å²) in [6.45, 7) is 11.2. The third-order valence-electron chi connectivity index (χ3n) is 5.96. The Morgan fingerprint density at radius 2 is 1.90 bits per heavy atom. The summed E-state index contributed by atoms with van der Waals surface area (Å²) in [6.07, 6.45) is 4.64. The van der Waals surface area contributed by atoms with Crippen molar-refractivity contribution in [2.24, 2.45) is 10.9 Å². The van der Waals surface area contributed by atoms with Gasteiger partial charge in [0.2, 0.25) is 5.91 Å². The first-order valence-electron chi connectivity index (χ1n) is 11.2. The summed E-state index contributed by atoms with van der Waals surface area (Å²) in [5, 5.41) is 6.77. The van der Waals surface area contributed by atoms with Crippen LogP contribution in [0.5, 0.6) is 0 Å². The van der Waals surface area contributed by atoms with Crippen molar-refractivity contribution in [1.82, 2.24) is 20.4 Å². The molecule has 1 aromatic rings. The number of nitrogens with one attached hydrogen (secondary N) is 2. The number of carbonyl (C=O) groups excluding carboxylic acids is 1. The second kappa shape index (κ2) is 11.2. The van der Waals surface area contributed by atoms with E-state index in [2.05, 4.69) is 58.5 Å². The standard InChI is InChI=1S/C23H37N5O/c1-3-24-23(26-18-20-8-6-7-19(2)17-20)25-11-12-27-13-15-28(16-14-27)22(29)21-9-4-5-10-21/h6-8,17,21H,3-5,9-16,18H2,1-2H3,(H2,24,25,26). The second-order valence-electron chi connectivity index (χ2n) is 8.26. The maximum atomic E-state index is 12.6. The lowest BCUT2D eigenvalue weighted by molar-refractivity contribution is -0.137. The Morgan fingerprint density at radius 3 is 2.59 bits per heavy atom. The Labute approximate surface area is 175 Å². The van der Waals surface area contributed by atoms with Crippen LogP contribution in [0.1, 0.15) is 43.7 Å². The zero-order valence-electron chi connectivity index (χ0n) is 18.1. The SMILES string of the molecule is CCNC(=NCc1cccc(C)c1)NCCN1CCN(C(=O)C2CCCC2)CC1. The number of aryl methyl sites for hydroxylation is 1. The van der Waals surface area contributed by atoms with Crippen LogP contribution in [0.25, 0.3) is 0 Å². The van der Waals surface area contributed by atoms with Crippen LogP contribution >= 0.6 is 0 Å². The monoisotopic (exact) mass is 399 g/mol. The highest BCUT2D eigenvalue weighted by atomic mass is 16.2. The van der Waals surface area contributed by atoms with Crippen molar-refractivity contribution in [2.45, 2.75) is 46.1 Å². The molecule has 2 aliphatic rings. The van der Waals surface area contributed by atoms with Crippen molar-refractivity contribution >= 4 is 11.9 Å². The predicted octanol–water partition coefficient (Wildman–Crippen LogP) is 2.38. The number of aliphatic imine (C=N–C) groups is 1. The van der Waals surface area contributed by atoms with E-state index in [4.69, 9.17) is 4.99 Å². The highest BCUT2D eigenvalue weighted by Crippen LogP contribution is 2.26. The van der Waals surface area contributed by atoms with Gasteiger partial charge in [-0.15, -0.1) is 0 Å². The van der Waals surface area contributed by atoms with E-state index in [1.165, 1.54) is 24.0 Å². The first kappa shape index (κ1) is 21.6. The molecule has 0 bridgehead atoms. The summed E-state index contributed by atoms with van der Waals surface area (Å²) in [6, 6.07) is 8.49. The lowest BCUT2D eigenvalue weighted by atomic mass is 10.1. The third-order valence-corrected chi connectivity index (χ3v) is 5.96. The summed E-state index contributed by atoms with van der Waals surface area (Å²) in [5.74, 6) is 1.57. The molecular weight excluding hydrogens is 362 g/mol. The molecule has 0 atom stereocenters. The molecule has 0 radical (unpaired) electrons. The number of rotatable bonds is 7. The molecule has 3 rings (SSSR count). The first-order chi connectivity index (χ1) is 14.2. The van der Waals surface area contributed by atoms with Crippen molar-refractivity contribution < 1.29 is 4.79 Å². The number of hydrogen-bond acceptors (Lipinski definition) is 3. The number of amides is 1. The minimum Gasteiger partial charge on any atom is -0.357 e. The summed E-state index contributed by atoms with van der Waals surface area (Å²) >= 11 is 0. The van der Waals surface area contributed by atoms with Gasteiger partial charge in [-0.2, -0.15) is 0 Å². The van der Waals surface area contributed by atoms with Gasteiger partial charge in [-0.1, -0.05) is 42.7 Å². The molecule has 2 N–H and O–H groups in total. The number of hydrogen-bond donors (Lipinski definition) is 2. The molecule has 29 heavy (non-hydrogen) atoms. The van der Waals surface area contributed by atoms with Crippen LogP contribution in [0, 0.1) is 12.8 Å². The molecule has 0 unspecified atom stereocenters. The van der Waals surface area contributed by atoms with E-state index in [0.717, 1.165) is 64.6 Å². The molecule has 1 saturated heterocycles. The van der Waals surface area contributed by atoms with Crippen LogP contribution < -0.4 is 10.6 Å². The average molecular weight is 400 g/mol. The van der Waals surface area contributed by atoms with Crippen LogP contribution in [-0.2, 0) is 11.3 Å². The molecule has 6 heteroatoms. The van der Waals surface area contributed by atoms with Gasteiger partial charge in [-0.3, -0.25) is 9.69 Å². The quantitative estimate of drug-likeness (QED) is 0.546. The zero-order valence-corrected chi connectivity index (χ0v) is 18.1. The summed E-state index contributed by atoms with van der Waals surface area (Å²) in [7, 11) is 0. The molecule has 1 aromatic carbocycles. The van der Waals surface area contributed by atoms with Crippen molar-refractivity contribution in [3.05, 3.63) is 35.4 Å². The van der Waals surface area contributed by atoms with E-state index < -0.39 is 0 Å². The summed E-state index contributed by atoms with van der Waals surface area (Å²) < 4.78 is 0. The fraction of sp³-hybridized carbons (Fsp3) is 0.652. The van der Waals surface area contributed by atoms with Crippen molar-refractivity contribution in [2.75, 3.05) is 45.8 Å². The smallest absolute Gasteiger partial charge is 0.225 e. The second-order valence-corrected chi connectivity index (χ2v) is 8.26. The topological polar surface area (TPSA) is 60.0 Å². The number of carbonyl (C=O) groups is 1. The van der Waals surface area contributed by atoms with Gasteiger partial charge < -0.3 is 15.5 Å². The Bertz CT molecular complexity index is 676. The predicted molar refractivity (Wildman–Crippen MR) is 119 cm³/mol. The fourth-order valence-corrected chi connectivity index (χ4v) is 4.28. The first-order valence-corrected chi connectivity index (χ1v) is 11.2.